The lowest BCUT2D eigenvalue weighted by Gasteiger charge is -2.28. The van der Waals surface area contributed by atoms with E-state index in [2.05, 4.69) is 15.3 Å². The Labute approximate surface area is 169 Å². The summed E-state index contributed by atoms with van der Waals surface area (Å²) >= 11 is 0. The van der Waals surface area contributed by atoms with E-state index in [-0.39, 0.29) is 36.0 Å². The summed E-state index contributed by atoms with van der Waals surface area (Å²) in [6.45, 7) is 4.95. The fourth-order valence-corrected chi connectivity index (χ4v) is 3.29. The Bertz CT molecular complexity index is 895. The Morgan fingerprint density at radius 3 is 2.76 bits per heavy atom. The van der Waals surface area contributed by atoms with E-state index in [1.165, 1.54) is 0 Å². The molecule has 3 aliphatic heterocycles. The molecule has 1 saturated heterocycles. The highest BCUT2D eigenvalue weighted by atomic mass is 16.6. The van der Waals surface area contributed by atoms with Gasteiger partial charge in [0.1, 0.15) is 12.1 Å². The monoisotopic (exact) mass is 395 g/mol. The molecule has 0 aromatic heterocycles. The van der Waals surface area contributed by atoms with Gasteiger partial charge in [0.2, 0.25) is 17.8 Å². The number of hydrogen-bond donors (Lipinski definition) is 2. The van der Waals surface area contributed by atoms with Crippen LogP contribution in [0, 0.1) is 5.92 Å². The standard InChI is InChI=1S/C21H25N5O3/c1-12(2)19(27)23-14-5-3-13(4-6-14)16-7-8-17-18(24-16)20(26-21(22)25-17)29-15-9-10-28-11-15/h3-8,12,15,17-18H,9-11H2,1-2H3,(H2,22,25)(H,23,27)/t15-,17?,18?/m0/s1. The number of fused-ring (bicyclic) bond motifs is 1. The van der Waals surface area contributed by atoms with Crippen LogP contribution in [0.25, 0.3) is 0 Å². The van der Waals surface area contributed by atoms with Crippen molar-refractivity contribution in [1.82, 2.24) is 0 Å². The number of benzene rings is 1. The zero-order chi connectivity index (χ0) is 20.4. The largest absolute Gasteiger partial charge is 0.473 e. The summed E-state index contributed by atoms with van der Waals surface area (Å²) in [4.78, 5) is 25.4. The SMILES string of the molecule is CC(C)C(=O)Nc1ccc(C2=NC3C(O[C@H]4CCOC4)=NC(N)=NC3C=C2)cc1. The van der Waals surface area contributed by atoms with Crippen LogP contribution in [0.5, 0.6) is 0 Å². The third-order valence-corrected chi connectivity index (χ3v) is 4.96. The quantitative estimate of drug-likeness (QED) is 0.811. The minimum atomic E-state index is -0.344. The van der Waals surface area contributed by atoms with Crippen LogP contribution < -0.4 is 11.1 Å². The van der Waals surface area contributed by atoms with Crippen molar-refractivity contribution < 1.29 is 14.3 Å². The minimum absolute atomic E-state index is 0.0120. The van der Waals surface area contributed by atoms with E-state index in [0.29, 0.717) is 19.1 Å². The molecule has 1 amide bonds. The van der Waals surface area contributed by atoms with Crippen LogP contribution in [-0.2, 0) is 14.3 Å². The molecule has 8 heteroatoms. The first kappa shape index (κ1) is 19.3. The van der Waals surface area contributed by atoms with Crippen LogP contribution in [0.4, 0.5) is 5.69 Å². The van der Waals surface area contributed by atoms with Gasteiger partial charge in [0.05, 0.1) is 18.9 Å². The Kier molecular flexibility index (Phi) is 5.44. The summed E-state index contributed by atoms with van der Waals surface area (Å²) in [5.74, 6) is 0.607. The summed E-state index contributed by atoms with van der Waals surface area (Å²) in [6.07, 6.45) is 4.69. The molecule has 3 heterocycles. The van der Waals surface area contributed by atoms with Crippen LogP contribution in [0.2, 0.25) is 0 Å². The molecular formula is C21H25N5O3. The van der Waals surface area contributed by atoms with Gasteiger partial charge < -0.3 is 20.5 Å². The lowest BCUT2D eigenvalue weighted by Crippen LogP contribution is -2.42. The Hall–Kier alpha value is -3.00. The van der Waals surface area contributed by atoms with Gasteiger partial charge in [-0.05, 0) is 23.8 Å². The lowest BCUT2D eigenvalue weighted by molar-refractivity contribution is -0.118. The maximum Gasteiger partial charge on any atom is 0.226 e. The van der Waals surface area contributed by atoms with Gasteiger partial charge in [-0.15, -0.1) is 0 Å². The van der Waals surface area contributed by atoms with Gasteiger partial charge in [0.25, 0.3) is 0 Å². The number of carbonyl (C=O) groups excluding carboxylic acids is 1. The van der Waals surface area contributed by atoms with Gasteiger partial charge in [-0.2, -0.15) is 4.99 Å². The number of nitrogens with two attached hydrogens (primary N) is 1. The molecule has 0 radical (unpaired) electrons. The molecule has 8 nitrogen and oxygen atoms in total. The number of hydrogen-bond acceptors (Lipinski definition) is 7. The number of carbonyl (C=O) groups is 1. The second-order valence-electron chi connectivity index (χ2n) is 7.57. The maximum absolute atomic E-state index is 11.9. The van der Waals surface area contributed by atoms with Crippen LogP contribution in [0.1, 0.15) is 25.8 Å². The number of amides is 1. The highest BCUT2D eigenvalue weighted by Crippen LogP contribution is 2.23. The summed E-state index contributed by atoms with van der Waals surface area (Å²) in [5, 5.41) is 2.89. The Balaban J connectivity index is 1.52. The second kappa shape index (κ2) is 8.16. The molecule has 0 saturated carbocycles. The zero-order valence-electron chi connectivity index (χ0n) is 16.5. The summed E-state index contributed by atoms with van der Waals surface area (Å²) in [5.41, 5.74) is 8.37. The molecule has 152 valence electrons. The third kappa shape index (κ3) is 4.37. The first-order chi connectivity index (χ1) is 14.0. The predicted octanol–water partition coefficient (Wildman–Crippen LogP) is 1.91. The van der Waals surface area contributed by atoms with E-state index in [1.807, 2.05) is 50.3 Å². The average Bonchev–Trinajstić information content (AvgIpc) is 3.21. The van der Waals surface area contributed by atoms with Crippen molar-refractivity contribution in [2.24, 2.45) is 26.6 Å². The molecule has 1 aromatic rings. The number of anilines is 1. The Morgan fingerprint density at radius 2 is 2.07 bits per heavy atom. The molecule has 0 aliphatic carbocycles. The fraction of sp³-hybridized carbons (Fsp3) is 0.429. The first-order valence-electron chi connectivity index (χ1n) is 9.83. The maximum atomic E-state index is 11.9. The topological polar surface area (TPSA) is 111 Å². The number of rotatable bonds is 4. The first-order valence-corrected chi connectivity index (χ1v) is 9.83. The molecule has 4 rings (SSSR count). The van der Waals surface area contributed by atoms with E-state index >= 15 is 0 Å². The normalized spacial score (nSPS) is 25.8. The van der Waals surface area contributed by atoms with E-state index in [0.717, 1.165) is 23.4 Å². The zero-order valence-corrected chi connectivity index (χ0v) is 16.5. The molecule has 0 bridgehead atoms. The van der Waals surface area contributed by atoms with E-state index in [1.54, 1.807) is 0 Å². The van der Waals surface area contributed by atoms with Crippen molar-refractivity contribution in [2.75, 3.05) is 18.5 Å². The van der Waals surface area contributed by atoms with Crippen LogP contribution in [0.15, 0.2) is 51.4 Å². The lowest BCUT2D eigenvalue weighted by atomic mass is 9.99. The molecule has 0 spiro atoms. The molecule has 2 unspecified atom stereocenters. The van der Waals surface area contributed by atoms with E-state index in [4.69, 9.17) is 20.2 Å². The second-order valence-corrected chi connectivity index (χ2v) is 7.57. The summed E-state index contributed by atoms with van der Waals surface area (Å²) in [7, 11) is 0. The molecule has 3 atom stereocenters. The molecular weight excluding hydrogens is 370 g/mol. The molecule has 3 aliphatic rings. The molecule has 3 N–H and O–H groups in total. The van der Waals surface area contributed by atoms with Gasteiger partial charge in [-0.1, -0.05) is 32.1 Å². The number of guanidine groups is 1. The van der Waals surface area contributed by atoms with Crippen LogP contribution in [-0.4, -0.2) is 54.9 Å². The number of nitrogens with one attached hydrogen (secondary N) is 1. The van der Waals surface area contributed by atoms with Gasteiger partial charge in [-0.3, -0.25) is 9.79 Å². The van der Waals surface area contributed by atoms with Gasteiger partial charge in [0.15, 0.2) is 6.04 Å². The van der Waals surface area contributed by atoms with Crippen molar-refractivity contribution in [1.29, 1.82) is 0 Å². The number of dihydropyridines is 1. The predicted molar refractivity (Wildman–Crippen MR) is 113 cm³/mol. The third-order valence-electron chi connectivity index (χ3n) is 4.96. The average molecular weight is 395 g/mol. The highest BCUT2D eigenvalue weighted by Gasteiger charge is 2.34. The van der Waals surface area contributed by atoms with E-state index in [9.17, 15) is 4.79 Å². The Morgan fingerprint density at radius 1 is 1.28 bits per heavy atom. The van der Waals surface area contributed by atoms with E-state index < -0.39 is 0 Å². The number of aliphatic imine (C=N–C) groups is 3. The summed E-state index contributed by atoms with van der Waals surface area (Å²) < 4.78 is 11.4. The van der Waals surface area contributed by atoms with Gasteiger partial charge >= 0.3 is 0 Å². The number of allylic oxidation sites excluding steroid dienone is 1. The molecule has 29 heavy (non-hydrogen) atoms. The summed E-state index contributed by atoms with van der Waals surface area (Å²) in [6, 6.07) is 7.04. The highest BCUT2D eigenvalue weighted by molar-refractivity contribution is 6.11. The van der Waals surface area contributed by atoms with Crippen molar-refractivity contribution in [3.05, 3.63) is 42.0 Å². The molecule has 1 fully saturated rings. The van der Waals surface area contributed by atoms with Crippen LogP contribution in [0.3, 0.4) is 0 Å². The van der Waals surface area contributed by atoms with Crippen molar-refractivity contribution >= 4 is 29.2 Å². The van der Waals surface area contributed by atoms with Crippen LogP contribution >= 0.6 is 0 Å². The fourth-order valence-electron chi connectivity index (χ4n) is 3.29. The van der Waals surface area contributed by atoms with Gasteiger partial charge in [0, 0.05) is 18.0 Å². The van der Waals surface area contributed by atoms with Gasteiger partial charge in [-0.25, -0.2) is 4.99 Å². The number of nitrogens with zero attached hydrogens (tertiary/aromatic N) is 3. The molecule has 1 aromatic carbocycles. The van der Waals surface area contributed by atoms with Crippen molar-refractivity contribution in [2.45, 2.75) is 38.5 Å². The number of ether oxygens (including phenoxy) is 2. The smallest absolute Gasteiger partial charge is 0.226 e. The minimum Gasteiger partial charge on any atom is -0.473 e. The van der Waals surface area contributed by atoms with Crippen molar-refractivity contribution in [3.63, 3.8) is 0 Å². The van der Waals surface area contributed by atoms with Crippen molar-refractivity contribution in [3.8, 4) is 0 Å².